The fourth-order valence-electron chi connectivity index (χ4n) is 2.94. The van der Waals surface area contributed by atoms with Gasteiger partial charge in [0.05, 0.1) is 27.2 Å². The van der Waals surface area contributed by atoms with Crippen molar-refractivity contribution in [2.45, 2.75) is 6.54 Å². The number of hydrogen-bond donors (Lipinski definition) is 0. The van der Waals surface area contributed by atoms with Crippen molar-refractivity contribution < 1.29 is 14.6 Å². The van der Waals surface area contributed by atoms with Gasteiger partial charge >= 0.3 is 0 Å². The monoisotopic (exact) mass is 371 g/mol. The minimum Gasteiger partial charge on any atom is -0.336 e. The van der Waals surface area contributed by atoms with Gasteiger partial charge in [0.1, 0.15) is 0 Å². The molecule has 2 heterocycles. The lowest BCUT2D eigenvalue weighted by atomic mass is 10.1. The van der Waals surface area contributed by atoms with E-state index in [-0.39, 0.29) is 5.56 Å². The summed E-state index contributed by atoms with van der Waals surface area (Å²) in [5, 5.41) is 22.0. The van der Waals surface area contributed by atoms with Crippen LogP contribution in [-0.2, 0) is 6.54 Å². The molecule has 1 aliphatic heterocycles. The Balaban J connectivity index is 1.68. The van der Waals surface area contributed by atoms with Gasteiger partial charge in [-0.15, -0.1) is 0 Å². The minimum absolute atomic E-state index is 0.0472. The van der Waals surface area contributed by atoms with Crippen LogP contribution in [0.25, 0.3) is 0 Å². The highest BCUT2D eigenvalue weighted by molar-refractivity contribution is 5.95. The number of rotatable bonds is 5. The average Bonchev–Trinajstić information content (AvgIpc) is 2.68. The van der Waals surface area contributed by atoms with Gasteiger partial charge in [-0.2, -0.15) is 0 Å². The standard InChI is InChI=1S/C17H17N5O5/c23-17(13-9-15(21(24)25)11-16(10-13)22(26)27)20-7-5-19(6-8-20)12-14-3-1-2-4-18-14/h1-4,9-11H,5-8,12H2. The van der Waals surface area contributed by atoms with Gasteiger partial charge in [-0.25, -0.2) is 0 Å². The van der Waals surface area contributed by atoms with Gasteiger partial charge in [0.2, 0.25) is 0 Å². The van der Waals surface area contributed by atoms with Crippen LogP contribution in [0.1, 0.15) is 16.1 Å². The summed E-state index contributed by atoms with van der Waals surface area (Å²) in [6.45, 7) is 2.79. The lowest BCUT2D eigenvalue weighted by Crippen LogP contribution is -2.48. The number of non-ortho nitro benzene ring substituents is 2. The molecule has 27 heavy (non-hydrogen) atoms. The van der Waals surface area contributed by atoms with Gasteiger partial charge in [-0.3, -0.25) is 34.9 Å². The Morgan fingerprint density at radius 1 is 1.00 bits per heavy atom. The predicted octanol–water partition coefficient (Wildman–Crippen LogP) is 1.86. The molecule has 0 radical (unpaired) electrons. The molecule has 1 fully saturated rings. The van der Waals surface area contributed by atoms with Crippen molar-refractivity contribution in [1.29, 1.82) is 0 Å². The number of carbonyl (C=O) groups is 1. The summed E-state index contributed by atoms with van der Waals surface area (Å²) in [5.41, 5.74) is -0.0525. The van der Waals surface area contributed by atoms with Gasteiger partial charge in [0.25, 0.3) is 17.3 Å². The molecule has 140 valence electrons. The van der Waals surface area contributed by atoms with Crippen LogP contribution < -0.4 is 0 Å². The van der Waals surface area contributed by atoms with Gasteiger partial charge in [0, 0.05) is 51.1 Å². The SMILES string of the molecule is O=C(c1cc([N+](=O)[O-])cc([N+](=O)[O-])c1)N1CCN(Cc2ccccn2)CC1. The summed E-state index contributed by atoms with van der Waals surface area (Å²) < 4.78 is 0. The third-order valence-electron chi connectivity index (χ3n) is 4.34. The number of piperazine rings is 1. The van der Waals surface area contributed by atoms with Crippen LogP contribution in [-0.4, -0.2) is 56.7 Å². The number of benzene rings is 1. The molecular formula is C17H17N5O5. The van der Waals surface area contributed by atoms with Crippen LogP contribution in [0.15, 0.2) is 42.6 Å². The third-order valence-corrected chi connectivity index (χ3v) is 4.34. The van der Waals surface area contributed by atoms with Gasteiger partial charge in [0.15, 0.2) is 0 Å². The molecule has 1 aliphatic rings. The van der Waals surface area contributed by atoms with E-state index in [1.165, 1.54) is 0 Å². The zero-order chi connectivity index (χ0) is 19.4. The Morgan fingerprint density at radius 2 is 1.63 bits per heavy atom. The molecule has 0 atom stereocenters. The first kappa shape index (κ1) is 18.4. The van der Waals surface area contributed by atoms with E-state index in [1.807, 2.05) is 18.2 Å². The van der Waals surface area contributed by atoms with Crippen LogP contribution >= 0.6 is 0 Å². The van der Waals surface area contributed by atoms with Gasteiger partial charge in [-0.05, 0) is 12.1 Å². The van der Waals surface area contributed by atoms with Crippen molar-refractivity contribution in [2.75, 3.05) is 26.2 Å². The van der Waals surface area contributed by atoms with Crippen molar-refractivity contribution in [2.24, 2.45) is 0 Å². The third kappa shape index (κ3) is 4.42. The number of aromatic nitrogens is 1. The van der Waals surface area contributed by atoms with Crippen LogP contribution in [0, 0.1) is 20.2 Å². The Bertz CT molecular complexity index is 833. The predicted molar refractivity (Wildman–Crippen MR) is 95.2 cm³/mol. The quantitative estimate of drug-likeness (QED) is 0.580. The van der Waals surface area contributed by atoms with E-state index in [2.05, 4.69) is 9.88 Å². The zero-order valence-electron chi connectivity index (χ0n) is 14.4. The maximum absolute atomic E-state index is 12.7. The second-order valence-electron chi connectivity index (χ2n) is 6.14. The Hall–Kier alpha value is -3.40. The molecule has 0 aliphatic carbocycles. The van der Waals surface area contributed by atoms with Crippen molar-refractivity contribution in [1.82, 2.24) is 14.8 Å². The lowest BCUT2D eigenvalue weighted by molar-refractivity contribution is -0.394. The fourth-order valence-corrected chi connectivity index (χ4v) is 2.94. The summed E-state index contributed by atoms with van der Waals surface area (Å²) in [5.74, 6) is -0.445. The van der Waals surface area contributed by atoms with Crippen LogP contribution in [0.5, 0.6) is 0 Å². The van der Waals surface area contributed by atoms with E-state index in [0.29, 0.717) is 32.7 Å². The minimum atomic E-state index is -0.741. The molecular weight excluding hydrogens is 354 g/mol. The summed E-state index contributed by atoms with van der Waals surface area (Å²) >= 11 is 0. The second kappa shape index (κ2) is 7.87. The van der Waals surface area contributed by atoms with E-state index >= 15 is 0 Å². The molecule has 1 aromatic carbocycles. The molecule has 10 nitrogen and oxygen atoms in total. The molecule has 10 heteroatoms. The molecule has 0 N–H and O–H groups in total. The maximum atomic E-state index is 12.7. The van der Waals surface area contributed by atoms with Crippen LogP contribution in [0.2, 0.25) is 0 Å². The van der Waals surface area contributed by atoms with Crippen molar-refractivity contribution in [3.63, 3.8) is 0 Å². The van der Waals surface area contributed by atoms with Gasteiger partial charge in [-0.1, -0.05) is 6.07 Å². The molecule has 0 unspecified atom stereocenters. The highest BCUT2D eigenvalue weighted by Crippen LogP contribution is 2.24. The first-order valence-electron chi connectivity index (χ1n) is 8.29. The Labute approximate surface area is 154 Å². The highest BCUT2D eigenvalue weighted by atomic mass is 16.6. The van der Waals surface area contributed by atoms with E-state index in [4.69, 9.17) is 0 Å². The smallest absolute Gasteiger partial charge is 0.277 e. The van der Waals surface area contributed by atoms with E-state index in [0.717, 1.165) is 23.9 Å². The second-order valence-corrected chi connectivity index (χ2v) is 6.14. The lowest BCUT2D eigenvalue weighted by Gasteiger charge is -2.34. The first-order chi connectivity index (χ1) is 12.9. The molecule has 3 rings (SSSR count). The average molecular weight is 371 g/mol. The van der Waals surface area contributed by atoms with E-state index in [1.54, 1.807) is 11.1 Å². The fraction of sp³-hybridized carbons (Fsp3) is 0.294. The first-order valence-corrected chi connectivity index (χ1v) is 8.29. The highest BCUT2D eigenvalue weighted by Gasteiger charge is 2.26. The molecule has 0 bridgehead atoms. The van der Waals surface area contributed by atoms with Crippen molar-refractivity contribution in [3.8, 4) is 0 Å². The van der Waals surface area contributed by atoms with Crippen LogP contribution in [0.3, 0.4) is 0 Å². The molecule has 0 spiro atoms. The van der Waals surface area contributed by atoms with Gasteiger partial charge < -0.3 is 4.90 Å². The zero-order valence-corrected chi connectivity index (χ0v) is 14.4. The van der Waals surface area contributed by atoms with Crippen molar-refractivity contribution >= 4 is 17.3 Å². The number of nitro benzene ring substituents is 2. The maximum Gasteiger partial charge on any atom is 0.277 e. The summed E-state index contributed by atoms with van der Waals surface area (Å²) in [7, 11) is 0. The number of amides is 1. The normalized spacial score (nSPS) is 14.7. The topological polar surface area (TPSA) is 123 Å². The van der Waals surface area contributed by atoms with E-state index in [9.17, 15) is 25.0 Å². The Kier molecular flexibility index (Phi) is 5.36. The number of nitrogens with zero attached hydrogens (tertiary/aromatic N) is 5. The number of hydrogen-bond acceptors (Lipinski definition) is 7. The number of carbonyl (C=O) groups excluding carboxylic acids is 1. The summed E-state index contributed by atoms with van der Waals surface area (Å²) in [6, 6.07) is 8.70. The summed E-state index contributed by atoms with van der Waals surface area (Å²) in [6.07, 6.45) is 1.73. The van der Waals surface area contributed by atoms with E-state index < -0.39 is 27.1 Å². The summed E-state index contributed by atoms with van der Waals surface area (Å²) in [4.78, 5) is 41.1. The number of nitro groups is 2. The molecule has 1 amide bonds. The number of pyridine rings is 1. The molecule has 2 aromatic rings. The Morgan fingerprint density at radius 3 is 2.15 bits per heavy atom. The largest absolute Gasteiger partial charge is 0.336 e. The molecule has 1 saturated heterocycles. The van der Waals surface area contributed by atoms with Crippen molar-refractivity contribution in [3.05, 3.63) is 74.1 Å². The van der Waals surface area contributed by atoms with Crippen LogP contribution in [0.4, 0.5) is 11.4 Å². The molecule has 0 saturated carbocycles. The molecule has 1 aromatic heterocycles.